The van der Waals surface area contributed by atoms with E-state index in [1.807, 2.05) is 6.07 Å². The highest BCUT2D eigenvalue weighted by Gasteiger charge is 2.12. The Morgan fingerprint density at radius 3 is 2.17 bits per heavy atom. The van der Waals surface area contributed by atoms with Crippen LogP contribution in [0.3, 0.4) is 0 Å². The zero-order valence-electron chi connectivity index (χ0n) is 12.3. The summed E-state index contributed by atoms with van der Waals surface area (Å²) in [6, 6.07) is 17.5. The first-order chi connectivity index (χ1) is 11.2. The number of benzene rings is 2. The molecule has 0 fully saturated rings. The number of rotatable bonds is 5. The average Bonchev–Trinajstić information content (AvgIpc) is 2.88. The predicted molar refractivity (Wildman–Crippen MR) is 86.0 cm³/mol. The van der Waals surface area contributed by atoms with E-state index in [4.69, 9.17) is 0 Å². The molecular weight excluding hydrogens is 294 g/mol. The van der Waals surface area contributed by atoms with Crippen molar-refractivity contribution in [2.24, 2.45) is 0 Å². The first-order valence-corrected chi connectivity index (χ1v) is 7.22. The van der Waals surface area contributed by atoms with Crippen molar-refractivity contribution in [1.29, 1.82) is 0 Å². The van der Waals surface area contributed by atoms with E-state index in [1.54, 1.807) is 54.6 Å². The smallest absolute Gasteiger partial charge is 0.294 e. The van der Waals surface area contributed by atoms with Gasteiger partial charge in [0.25, 0.3) is 0 Å². The van der Waals surface area contributed by atoms with Crippen LogP contribution in [0.5, 0.6) is 0 Å². The fourth-order valence-electron chi connectivity index (χ4n) is 2.36. The average molecular weight is 309 g/mol. The third kappa shape index (κ3) is 3.06. The highest BCUT2D eigenvalue weighted by Crippen LogP contribution is 2.04. The molecule has 1 heterocycles. The van der Waals surface area contributed by atoms with E-state index >= 15 is 0 Å². The highest BCUT2D eigenvalue weighted by molar-refractivity contribution is 5.95. The van der Waals surface area contributed by atoms with Gasteiger partial charge in [0, 0.05) is 12.0 Å². The number of aromatic nitrogens is 3. The number of Topliss-reactive ketones (excluding diaryl/α,β-unsaturated/α-hetero) is 1. The van der Waals surface area contributed by atoms with Crippen molar-refractivity contribution in [3.63, 3.8) is 0 Å². The first-order valence-electron chi connectivity index (χ1n) is 7.22. The summed E-state index contributed by atoms with van der Waals surface area (Å²) in [6.07, 6.45) is 0.138. The minimum atomic E-state index is -0.520. The summed E-state index contributed by atoms with van der Waals surface area (Å²) in [4.78, 5) is 36.4. The van der Waals surface area contributed by atoms with Gasteiger partial charge in [-0.25, -0.2) is 23.9 Å². The Labute approximate surface area is 131 Å². The van der Waals surface area contributed by atoms with Crippen molar-refractivity contribution < 1.29 is 4.79 Å². The second-order valence-corrected chi connectivity index (χ2v) is 5.06. The SMILES string of the molecule is O=C(CCn1[nH]c(=O)n(-c2ccccc2)c1=O)c1ccccc1. The molecule has 0 unspecified atom stereocenters. The van der Waals surface area contributed by atoms with Crippen LogP contribution >= 0.6 is 0 Å². The largest absolute Gasteiger partial charge is 0.351 e. The molecule has 2 aromatic carbocycles. The zero-order chi connectivity index (χ0) is 16.2. The Balaban J connectivity index is 1.82. The second kappa shape index (κ2) is 6.31. The molecule has 1 N–H and O–H groups in total. The Morgan fingerprint density at radius 2 is 1.52 bits per heavy atom. The monoisotopic (exact) mass is 309 g/mol. The number of nitrogens with one attached hydrogen (secondary N) is 1. The van der Waals surface area contributed by atoms with E-state index in [2.05, 4.69) is 5.10 Å². The lowest BCUT2D eigenvalue weighted by molar-refractivity contribution is 0.0975. The van der Waals surface area contributed by atoms with Gasteiger partial charge in [0.15, 0.2) is 5.78 Å². The van der Waals surface area contributed by atoms with Crippen LogP contribution in [0.2, 0.25) is 0 Å². The lowest BCUT2D eigenvalue weighted by Crippen LogP contribution is -2.27. The summed E-state index contributed by atoms with van der Waals surface area (Å²) in [6.45, 7) is 0.127. The maximum atomic E-state index is 12.3. The summed E-state index contributed by atoms with van der Waals surface area (Å²) >= 11 is 0. The number of carbonyl (C=O) groups excluding carboxylic acids is 1. The van der Waals surface area contributed by atoms with E-state index < -0.39 is 11.4 Å². The van der Waals surface area contributed by atoms with Crippen LogP contribution in [0.25, 0.3) is 5.69 Å². The van der Waals surface area contributed by atoms with Crippen molar-refractivity contribution in [3.8, 4) is 5.69 Å². The third-order valence-corrected chi connectivity index (χ3v) is 3.53. The Kier molecular flexibility index (Phi) is 4.05. The quantitative estimate of drug-likeness (QED) is 0.727. The fraction of sp³-hybridized carbons (Fsp3) is 0.118. The van der Waals surface area contributed by atoms with Crippen LogP contribution in [0.15, 0.2) is 70.3 Å². The molecule has 0 aliphatic rings. The molecule has 6 heteroatoms. The molecule has 1 aromatic heterocycles. The van der Waals surface area contributed by atoms with E-state index in [9.17, 15) is 14.4 Å². The van der Waals surface area contributed by atoms with Gasteiger partial charge in [-0.3, -0.25) is 4.79 Å². The van der Waals surface area contributed by atoms with E-state index in [1.165, 1.54) is 0 Å². The molecule has 0 spiro atoms. The summed E-state index contributed by atoms with van der Waals surface area (Å²) in [5.74, 6) is -0.0780. The summed E-state index contributed by atoms with van der Waals surface area (Å²) < 4.78 is 2.21. The maximum Gasteiger partial charge on any atom is 0.351 e. The minimum Gasteiger partial charge on any atom is -0.294 e. The van der Waals surface area contributed by atoms with Gasteiger partial charge in [-0.2, -0.15) is 0 Å². The van der Waals surface area contributed by atoms with Crippen LogP contribution in [-0.2, 0) is 6.54 Å². The Morgan fingerprint density at radius 1 is 0.913 bits per heavy atom. The maximum absolute atomic E-state index is 12.3. The van der Waals surface area contributed by atoms with Gasteiger partial charge in [0.2, 0.25) is 0 Å². The number of carbonyl (C=O) groups is 1. The molecule has 0 bridgehead atoms. The molecule has 116 valence electrons. The highest BCUT2D eigenvalue weighted by atomic mass is 16.2. The number of ketones is 1. The number of nitrogens with zero attached hydrogens (tertiary/aromatic N) is 2. The van der Waals surface area contributed by atoms with Crippen molar-refractivity contribution >= 4 is 5.78 Å². The molecule has 0 saturated carbocycles. The van der Waals surface area contributed by atoms with Gasteiger partial charge in [-0.1, -0.05) is 48.5 Å². The van der Waals surface area contributed by atoms with Crippen LogP contribution in [-0.4, -0.2) is 20.1 Å². The molecule has 0 saturated heterocycles. The van der Waals surface area contributed by atoms with Crippen LogP contribution < -0.4 is 11.4 Å². The Bertz CT molecular complexity index is 921. The van der Waals surface area contributed by atoms with Crippen molar-refractivity contribution in [1.82, 2.24) is 14.3 Å². The third-order valence-electron chi connectivity index (χ3n) is 3.53. The van der Waals surface area contributed by atoms with Crippen molar-refractivity contribution in [2.75, 3.05) is 0 Å². The van der Waals surface area contributed by atoms with Crippen molar-refractivity contribution in [3.05, 3.63) is 87.2 Å². The number of H-pyrrole nitrogens is 1. The van der Waals surface area contributed by atoms with Crippen molar-refractivity contribution in [2.45, 2.75) is 13.0 Å². The molecule has 0 radical (unpaired) electrons. The lowest BCUT2D eigenvalue weighted by atomic mass is 10.1. The zero-order valence-corrected chi connectivity index (χ0v) is 12.3. The lowest BCUT2D eigenvalue weighted by Gasteiger charge is -2.01. The topological polar surface area (TPSA) is 76.9 Å². The number of aryl methyl sites for hydroxylation is 1. The molecule has 0 aliphatic heterocycles. The van der Waals surface area contributed by atoms with Gasteiger partial charge >= 0.3 is 11.4 Å². The molecule has 0 atom stereocenters. The molecule has 3 aromatic rings. The summed E-state index contributed by atoms with van der Waals surface area (Å²) in [5, 5.41) is 2.48. The molecule has 0 amide bonds. The van der Waals surface area contributed by atoms with Crippen LogP contribution in [0, 0.1) is 0 Å². The molecule has 23 heavy (non-hydrogen) atoms. The van der Waals surface area contributed by atoms with E-state index in [0.29, 0.717) is 11.3 Å². The number of hydrogen-bond donors (Lipinski definition) is 1. The van der Waals surface area contributed by atoms with Gasteiger partial charge in [-0.05, 0) is 12.1 Å². The normalized spacial score (nSPS) is 10.6. The second-order valence-electron chi connectivity index (χ2n) is 5.06. The van der Waals surface area contributed by atoms with Gasteiger partial charge in [0.1, 0.15) is 0 Å². The summed E-state index contributed by atoms with van der Waals surface area (Å²) in [7, 11) is 0. The summed E-state index contributed by atoms with van der Waals surface area (Å²) in [5.41, 5.74) is 0.0766. The Hall–Kier alpha value is -3.15. The van der Waals surface area contributed by atoms with Gasteiger partial charge in [0.05, 0.1) is 12.2 Å². The van der Waals surface area contributed by atoms with E-state index in [0.717, 1.165) is 9.25 Å². The molecule has 6 nitrogen and oxygen atoms in total. The van der Waals surface area contributed by atoms with E-state index in [-0.39, 0.29) is 18.7 Å². The number of hydrogen-bond acceptors (Lipinski definition) is 3. The van der Waals surface area contributed by atoms with Gasteiger partial charge in [-0.15, -0.1) is 0 Å². The van der Waals surface area contributed by atoms with Gasteiger partial charge < -0.3 is 0 Å². The first kappa shape index (κ1) is 14.8. The number of para-hydroxylation sites is 1. The molecule has 3 rings (SSSR count). The van der Waals surface area contributed by atoms with Crippen LogP contribution in [0.4, 0.5) is 0 Å². The minimum absolute atomic E-state index is 0.0780. The fourth-order valence-corrected chi connectivity index (χ4v) is 2.36. The number of aromatic amines is 1. The predicted octanol–water partition coefficient (Wildman–Crippen LogP) is 1.60. The standard InChI is InChI=1S/C17H15N3O3/c21-15(13-7-3-1-4-8-13)11-12-19-17(23)20(16(22)18-19)14-9-5-2-6-10-14/h1-10H,11-12H2,(H,18,22). The molecular formula is C17H15N3O3. The molecule has 0 aliphatic carbocycles. The van der Waals surface area contributed by atoms with Crippen LogP contribution in [0.1, 0.15) is 16.8 Å².